The molecule has 6 fully saturated rings. The third-order valence-electron chi connectivity index (χ3n) is 17.5. The van der Waals surface area contributed by atoms with Crippen molar-refractivity contribution < 1.29 is 87.2 Å². The van der Waals surface area contributed by atoms with Gasteiger partial charge in [0.05, 0.1) is 42.0 Å². The minimum absolute atomic E-state index is 0.00102. The van der Waals surface area contributed by atoms with E-state index in [1.54, 1.807) is 54.9 Å². The molecule has 3 saturated carbocycles. The van der Waals surface area contributed by atoms with Crippen molar-refractivity contribution in [1.29, 1.82) is 0 Å². The van der Waals surface area contributed by atoms with Crippen molar-refractivity contribution in [3.63, 3.8) is 0 Å². The summed E-state index contributed by atoms with van der Waals surface area (Å²) in [6, 6.07) is 0. The summed E-state index contributed by atoms with van der Waals surface area (Å²) in [7, 11) is 4.61. The summed E-state index contributed by atoms with van der Waals surface area (Å²) >= 11 is 0. The molecular weight excluding hydrogens is 877 g/mol. The zero-order valence-corrected chi connectivity index (χ0v) is 41.4. The zero-order valence-electron chi connectivity index (χ0n) is 41.4. The van der Waals surface area contributed by atoms with Gasteiger partial charge in [0.15, 0.2) is 18.9 Å². The van der Waals surface area contributed by atoms with Gasteiger partial charge in [0, 0.05) is 52.6 Å². The molecular formula is C49H78O18. The highest BCUT2D eigenvalue weighted by atomic mass is 16.8. The Labute approximate surface area is 394 Å². The number of esters is 2. The smallest absolute Gasteiger partial charge is 0.333 e. The van der Waals surface area contributed by atoms with Gasteiger partial charge in [-0.2, -0.15) is 0 Å². The second kappa shape index (κ2) is 19.8. The minimum Gasteiger partial charge on any atom is -0.462 e. The van der Waals surface area contributed by atoms with Crippen LogP contribution in [0.1, 0.15) is 120 Å². The molecule has 5 N–H and O–H groups in total. The Bertz CT molecular complexity index is 1850. The van der Waals surface area contributed by atoms with E-state index in [1.165, 1.54) is 14.0 Å². The lowest BCUT2D eigenvalue weighted by molar-refractivity contribution is -0.352. The van der Waals surface area contributed by atoms with Gasteiger partial charge < -0.3 is 77.6 Å². The number of aliphatic hydroxyl groups is 5. The lowest BCUT2D eigenvalue weighted by atomic mass is 9.42. The van der Waals surface area contributed by atoms with Crippen molar-refractivity contribution in [2.75, 3.05) is 21.3 Å². The molecule has 3 saturated heterocycles. The fourth-order valence-electron chi connectivity index (χ4n) is 13.2. The first-order chi connectivity index (χ1) is 31.5. The van der Waals surface area contributed by atoms with Crippen LogP contribution in [0.3, 0.4) is 0 Å². The molecule has 0 unspecified atom stereocenters. The number of methoxy groups -OCH3 is 3. The van der Waals surface area contributed by atoms with E-state index in [0.717, 1.165) is 5.57 Å². The maximum atomic E-state index is 13.0. The van der Waals surface area contributed by atoms with E-state index in [2.05, 4.69) is 6.92 Å². The number of rotatable bonds is 13. The Morgan fingerprint density at radius 3 is 1.99 bits per heavy atom. The molecule has 18 heteroatoms. The van der Waals surface area contributed by atoms with E-state index in [1.807, 2.05) is 19.9 Å². The number of hydrogen-bond donors (Lipinski definition) is 5. The Kier molecular flexibility index (Phi) is 15.6. The largest absolute Gasteiger partial charge is 0.462 e. The quantitative estimate of drug-likeness (QED) is 0.101. The minimum atomic E-state index is -1.92. The average Bonchev–Trinajstić information content (AvgIpc) is 3.51. The van der Waals surface area contributed by atoms with Gasteiger partial charge in [0.1, 0.15) is 59.5 Å². The zero-order chi connectivity index (χ0) is 49.2. The van der Waals surface area contributed by atoms with Gasteiger partial charge in [0.2, 0.25) is 0 Å². The molecule has 22 atom stereocenters. The summed E-state index contributed by atoms with van der Waals surface area (Å²) in [5.41, 5.74) is -6.24. The molecule has 67 heavy (non-hydrogen) atoms. The molecule has 18 nitrogen and oxygen atoms in total. The second-order valence-electron chi connectivity index (χ2n) is 20.8. The molecule has 0 aromatic carbocycles. The molecule has 3 heterocycles. The fourth-order valence-corrected chi connectivity index (χ4v) is 13.2. The predicted molar refractivity (Wildman–Crippen MR) is 237 cm³/mol. The van der Waals surface area contributed by atoms with Gasteiger partial charge in [-0.15, -0.1) is 0 Å². The number of fused-ring (bicyclic) bond motifs is 5. The molecule has 0 amide bonds. The van der Waals surface area contributed by atoms with Crippen LogP contribution in [0.25, 0.3) is 0 Å². The van der Waals surface area contributed by atoms with Crippen molar-refractivity contribution in [2.24, 2.45) is 16.7 Å². The highest BCUT2D eigenvalue weighted by Gasteiger charge is 2.81. The van der Waals surface area contributed by atoms with Gasteiger partial charge >= 0.3 is 11.9 Å². The van der Waals surface area contributed by atoms with Gasteiger partial charge in [-0.3, -0.25) is 4.79 Å². The Morgan fingerprint density at radius 2 is 1.40 bits per heavy atom. The van der Waals surface area contributed by atoms with Crippen LogP contribution in [0, 0.1) is 16.7 Å². The van der Waals surface area contributed by atoms with E-state index >= 15 is 0 Å². The second-order valence-corrected chi connectivity index (χ2v) is 20.8. The van der Waals surface area contributed by atoms with Crippen LogP contribution in [0.15, 0.2) is 23.3 Å². The number of carbonyl (C=O) groups is 2. The number of carbonyl (C=O) groups excluding carboxylic acids is 2. The van der Waals surface area contributed by atoms with E-state index < -0.39 is 138 Å². The van der Waals surface area contributed by atoms with Crippen LogP contribution in [-0.2, 0) is 61.7 Å². The summed E-state index contributed by atoms with van der Waals surface area (Å²) in [5, 5.41) is 59.9. The molecule has 0 aromatic heterocycles. The van der Waals surface area contributed by atoms with Crippen molar-refractivity contribution in [3.8, 4) is 0 Å². The molecule has 382 valence electrons. The number of ether oxygens (including phenoxy) is 11. The molecule has 4 aliphatic carbocycles. The van der Waals surface area contributed by atoms with Gasteiger partial charge in [-0.05, 0) is 91.9 Å². The molecule has 3 aliphatic heterocycles. The fraction of sp³-hybridized carbons (Fsp3) is 0.878. The molecule has 0 aromatic rings. The molecule has 0 spiro atoms. The van der Waals surface area contributed by atoms with Gasteiger partial charge in [-0.1, -0.05) is 31.6 Å². The van der Waals surface area contributed by atoms with E-state index in [-0.39, 0.29) is 31.8 Å². The predicted octanol–water partition coefficient (Wildman–Crippen LogP) is 3.29. The summed E-state index contributed by atoms with van der Waals surface area (Å²) in [6.45, 7) is 15.4. The van der Waals surface area contributed by atoms with Crippen LogP contribution in [-0.4, -0.2) is 174 Å². The van der Waals surface area contributed by atoms with Crippen LogP contribution in [0.2, 0.25) is 0 Å². The highest BCUT2D eigenvalue weighted by molar-refractivity contribution is 5.87. The molecule has 7 rings (SSSR count). The maximum absolute atomic E-state index is 13.0. The molecule has 0 bridgehead atoms. The first-order valence-electron chi connectivity index (χ1n) is 24.2. The van der Waals surface area contributed by atoms with Crippen LogP contribution in [0.5, 0.6) is 0 Å². The van der Waals surface area contributed by atoms with Crippen molar-refractivity contribution in [3.05, 3.63) is 23.3 Å². The van der Waals surface area contributed by atoms with Crippen molar-refractivity contribution >= 4 is 11.9 Å². The standard InChI is InChI=1S/C49H78O18/c1-13-24(2)43(53)63-28(6)47(54)18-19-49(56)46(47,9)35(64-29(7)50)23-34-45(8)16-15-31(20-30(45)14-17-48(34,49)55)65-36-21-32(57-10)40(26(4)60-36)66-37-22-33(58-11)41(27(5)61-37)67-44-39(52)42(59-12)38(51)25(3)62-44/h13-14,25-28,31-42,44,51-52,54-56H,15-23H2,1-12H3/b24-13+/t25-,26-,27-,28+,31+,32+,33-,34-,35-,36+,37+,38-,39-,40-,41-,42+,44+,45+,46-,47-,48+,49-/m1/s1. The normalized spacial score (nSPS) is 49.4. The van der Waals surface area contributed by atoms with E-state index in [0.29, 0.717) is 37.7 Å². The first-order valence-corrected chi connectivity index (χ1v) is 24.2. The van der Waals surface area contributed by atoms with Gasteiger partial charge in [0.25, 0.3) is 0 Å². The Morgan fingerprint density at radius 1 is 0.791 bits per heavy atom. The summed E-state index contributed by atoms with van der Waals surface area (Å²) in [4.78, 5) is 25.7. The van der Waals surface area contributed by atoms with Crippen LogP contribution in [0.4, 0.5) is 0 Å². The van der Waals surface area contributed by atoms with Crippen LogP contribution < -0.4 is 0 Å². The SMILES string of the molecule is C/C=C(\C)C(=O)O[C@@H](C)[C@]1(O)CC[C@@]2(O)[C@]1(C)[C@H](OC(C)=O)C[C@@H]1[C@@]3(C)CC[C@H](O[C@H]4C[C@H](OC)[C@H](O[C@H]5C[C@@H](OC)[C@H](O[C@@H]6O[C@H](C)[C@@H](O)[C@H](OC)[C@H]6O)[C@@H](C)O5)[C@@H](C)O4)CC3=CC[C@]12O. The topological polar surface area (TPSA) is 237 Å². The third-order valence-corrected chi connectivity index (χ3v) is 17.5. The number of aliphatic hydroxyl groups excluding tert-OH is 2. The summed E-state index contributed by atoms with van der Waals surface area (Å²) in [5.74, 6) is -1.73. The summed E-state index contributed by atoms with van der Waals surface area (Å²) in [6.07, 6.45) is -5.24. The Balaban J connectivity index is 1.01. The van der Waals surface area contributed by atoms with E-state index in [9.17, 15) is 35.1 Å². The summed E-state index contributed by atoms with van der Waals surface area (Å²) < 4.78 is 67.2. The average molecular weight is 955 g/mol. The highest BCUT2D eigenvalue weighted by Crippen LogP contribution is 2.71. The lowest BCUT2D eigenvalue weighted by Gasteiger charge is -2.67. The Hall–Kier alpha value is -2.14. The van der Waals surface area contributed by atoms with Crippen molar-refractivity contribution in [1.82, 2.24) is 0 Å². The van der Waals surface area contributed by atoms with Crippen LogP contribution >= 0.6 is 0 Å². The molecule has 7 aliphatic rings. The number of hydrogen-bond acceptors (Lipinski definition) is 18. The van der Waals surface area contributed by atoms with Crippen molar-refractivity contribution in [2.45, 2.75) is 235 Å². The third kappa shape index (κ3) is 8.88. The molecule has 0 radical (unpaired) electrons. The van der Waals surface area contributed by atoms with E-state index in [4.69, 9.17) is 52.1 Å². The van der Waals surface area contributed by atoms with Gasteiger partial charge in [-0.25, -0.2) is 4.79 Å². The maximum Gasteiger partial charge on any atom is 0.333 e. The first kappa shape index (κ1) is 52.7. The monoisotopic (exact) mass is 955 g/mol. The number of allylic oxidation sites excluding steroid dienone is 1. The lowest BCUT2D eigenvalue weighted by Crippen LogP contribution is -2.78.